The Labute approximate surface area is 89.2 Å². The zero-order valence-electron chi connectivity index (χ0n) is 7.95. The molecule has 1 N–H and O–H groups in total. The first kappa shape index (κ1) is 10.7. The Morgan fingerprint density at radius 2 is 2.00 bits per heavy atom. The molecule has 0 radical (unpaired) electrons. The van der Waals surface area contributed by atoms with E-state index in [0.717, 1.165) is 25.9 Å². The molecule has 82 valence electrons. The van der Waals surface area contributed by atoms with E-state index in [4.69, 9.17) is 10.7 Å². The lowest BCUT2D eigenvalue weighted by atomic mass is 10.00. The molecule has 0 saturated carbocycles. The second kappa shape index (κ2) is 3.96. The third kappa shape index (κ3) is 2.39. The highest BCUT2D eigenvalue weighted by atomic mass is 35.7. The summed E-state index contributed by atoms with van der Waals surface area (Å²) in [4.78, 5) is 2.36. The minimum Gasteiger partial charge on any atom is -0.299 e. The molecular formula is C8H15ClN2O2S. The maximum Gasteiger partial charge on any atom is 0.297 e. The van der Waals surface area contributed by atoms with Gasteiger partial charge in [-0.3, -0.25) is 4.90 Å². The maximum absolute atomic E-state index is 10.9. The van der Waals surface area contributed by atoms with E-state index in [9.17, 15) is 8.42 Å². The molecule has 0 aromatic carbocycles. The van der Waals surface area contributed by atoms with Gasteiger partial charge >= 0.3 is 0 Å². The van der Waals surface area contributed by atoms with E-state index in [1.54, 1.807) is 0 Å². The topological polar surface area (TPSA) is 49.4 Å². The van der Waals surface area contributed by atoms with Gasteiger partial charge in [0, 0.05) is 29.3 Å². The van der Waals surface area contributed by atoms with Crippen LogP contribution < -0.4 is 4.72 Å². The van der Waals surface area contributed by atoms with Crippen LogP contribution in [0, 0.1) is 0 Å². The average Bonchev–Trinajstić information content (AvgIpc) is 2.47. The Kier molecular flexibility index (Phi) is 3.02. The van der Waals surface area contributed by atoms with E-state index in [1.165, 1.54) is 12.8 Å². The maximum atomic E-state index is 10.9. The van der Waals surface area contributed by atoms with Gasteiger partial charge in [0.1, 0.15) is 0 Å². The lowest BCUT2D eigenvalue weighted by molar-refractivity contribution is 0.186. The second-order valence-electron chi connectivity index (χ2n) is 4.05. The summed E-state index contributed by atoms with van der Waals surface area (Å²) in [5.41, 5.74) is 0. The summed E-state index contributed by atoms with van der Waals surface area (Å²) in [6.45, 7) is 2.10. The van der Waals surface area contributed by atoms with Crippen molar-refractivity contribution in [2.24, 2.45) is 0 Å². The van der Waals surface area contributed by atoms with E-state index < -0.39 is 9.24 Å². The zero-order chi connectivity index (χ0) is 10.2. The summed E-state index contributed by atoms with van der Waals surface area (Å²) in [6, 6.07) is 0.398. The van der Waals surface area contributed by atoms with Crippen molar-refractivity contribution in [1.82, 2.24) is 9.62 Å². The van der Waals surface area contributed by atoms with Crippen molar-refractivity contribution in [2.75, 3.05) is 13.1 Å². The minimum absolute atomic E-state index is 0.0257. The molecule has 2 aliphatic heterocycles. The van der Waals surface area contributed by atoms with Crippen LogP contribution in [0.5, 0.6) is 0 Å². The van der Waals surface area contributed by atoms with Gasteiger partial charge in [-0.05, 0) is 25.8 Å². The molecule has 2 unspecified atom stereocenters. The van der Waals surface area contributed by atoms with Crippen LogP contribution in [-0.2, 0) is 9.24 Å². The van der Waals surface area contributed by atoms with E-state index in [1.807, 2.05) is 0 Å². The lowest BCUT2D eigenvalue weighted by Gasteiger charge is -2.32. The molecule has 6 heteroatoms. The van der Waals surface area contributed by atoms with Gasteiger partial charge in [-0.25, -0.2) is 0 Å². The molecule has 0 aromatic heterocycles. The summed E-state index contributed by atoms with van der Waals surface area (Å²) in [5, 5.41) is 0. The smallest absolute Gasteiger partial charge is 0.297 e. The van der Waals surface area contributed by atoms with Crippen molar-refractivity contribution in [2.45, 2.75) is 37.8 Å². The number of hydrogen-bond acceptors (Lipinski definition) is 3. The summed E-state index contributed by atoms with van der Waals surface area (Å²) in [6.07, 6.45) is 4.40. The first-order chi connectivity index (χ1) is 6.56. The van der Waals surface area contributed by atoms with Crippen molar-refractivity contribution in [3.63, 3.8) is 0 Å². The Morgan fingerprint density at radius 3 is 2.71 bits per heavy atom. The fraction of sp³-hybridized carbons (Fsp3) is 1.00. The summed E-state index contributed by atoms with van der Waals surface area (Å²) in [7, 11) is 1.62. The van der Waals surface area contributed by atoms with Crippen LogP contribution in [0.4, 0.5) is 0 Å². The molecule has 0 bridgehead atoms. The molecule has 14 heavy (non-hydrogen) atoms. The molecule has 0 aromatic rings. The Hall–Kier alpha value is 0.160. The summed E-state index contributed by atoms with van der Waals surface area (Å²) >= 11 is 0. The van der Waals surface area contributed by atoms with Crippen LogP contribution in [0.15, 0.2) is 0 Å². The number of nitrogens with one attached hydrogen (secondary N) is 1. The Bertz CT molecular complexity index is 306. The molecular weight excluding hydrogens is 224 g/mol. The predicted molar refractivity (Wildman–Crippen MR) is 55.5 cm³/mol. The van der Waals surface area contributed by atoms with Crippen molar-refractivity contribution in [1.29, 1.82) is 0 Å². The molecule has 2 heterocycles. The Balaban J connectivity index is 2.01. The van der Waals surface area contributed by atoms with Gasteiger partial charge in [-0.2, -0.15) is 13.1 Å². The number of fused-ring (bicyclic) bond motifs is 1. The van der Waals surface area contributed by atoms with Gasteiger partial charge in [0.15, 0.2) is 0 Å². The van der Waals surface area contributed by atoms with Gasteiger partial charge in [-0.1, -0.05) is 6.42 Å². The van der Waals surface area contributed by atoms with Gasteiger partial charge in [0.25, 0.3) is 9.24 Å². The highest BCUT2D eigenvalue weighted by molar-refractivity contribution is 8.12. The van der Waals surface area contributed by atoms with Crippen LogP contribution in [0.25, 0.3) is 0 Å². The monoisotopic (exact) mass is 238 g/mol. The van der Waals surface area contributed by atoms with E-state index in [2.05, 4.69) is 9.62 Å². The molecule has 2 fully saturated rings. The number of rotatable bonds is 2. The first-order valence-corrected chi connectivity index (χ1v) is 7.33. The highest BCUT2D eigenvalue weighted by Crippen LogP contribution is 2.27. The van der Waals surface area contributed by atoms with Gasteiger partial charge in [0.2, 0.25) is 0 Å². The average molecular weight is 239 g/mol. The summed E-state index contributed by atoms with van der Waals surface area (Å²) in [5.74, 6) is 0. The molecule has 0 aliphatic carbocycles. The highest BCUT2D eigenvalue weighted by Gasteiger charge is 2.36. The fourth-order valence-electron chi connectivity index (χ4n) is 2.57. The largest absolute Gasteiger partial charge is 0.299 e. The summed E-state index contributed by atoms with van der Waals surface area (Å²) < 4.78 is 24.3. The van der Waals surface area contributed by atoms with Gasteiger partial charge < -0.3 is 0 Å². The standard InChI is InChI=1S/C8H15ClN2O2S/c9-14(12,13)10-7-4-6-11-5-2-1-3-8(7)11/h7-8,10H,1-6H2. The number of piperidine rings is 1. The molecule has 2 atom stereocenters. The van der Waals surface area contributed by atoms with Crippen LogP contribution in [0.1, 0.15) is 25.7 Å². The molecule has 2 rings (SSSR count). The van der Waals surface area contributed by atoms with Crippen molar-refractivity contribution < 1.29 is 8.42 Å². The Morgan fingerprint density at radius 1 is 1.21 bits per heavy atom. The fourth-order valence-corrected chi connectivity index (χ4v) is 3.55. The number of halogens is 1. The van der Waals surface area contributed by atoms with E-state index in [-0.39, 0.29) is 6.04 Å². The molecule has 2 saturated heterocycles. The second-order valence-corrected chi connectivity index (χ2v) is 6.38. The quantitative estimate of drug-likeness (QED) is 0.720. The van der Waals surface area contributed by atoms with Crippen molar-refractivity contribution >= 4 is 19.9 Å². The minimum atomic E-state index is -3.56. The first-order valence-electron chi connectivity index (χ1n) is 5.02. The molecule has 2 aliphatic rings. The lowest BCUT2D eigenvalue weighted by Crippen LogP contribution is -2.45. The van der Waals surface area contributed by atoms with Crippen LogP contribution in [0.2, 0.25) is 0 Å². The predicted octanol–water partition coefficient (Wildman–Crippen LogP) is 0.686. The van der Waals surface area contributed by atoms with Crippen molar-refractivity contribution in [3.8, 4) is 0 Å². The van der Waals surface area contributed by atoms with Crippen LogP contribution >= 0.6 is 10.7 Å². The molecule has 0 spiro atoms. The normalized spacial score (nSPS) is 34.4. The van der Waals surface area contributed by atoms with Crippen LogP contribution in [0.3, 0.4) is 0 Å². The van der Waals surface area contributed by atoms with E-state index >= 15 is 0 Å². The third-order valence-electron chi connectivity index (χ3n) is 3.15. The van der Waals surface area contributed by atoms with Gasteiger partial charge in [0.05, 0.1) is 0 Å². The zero-order valence-corrected chi connectivity index (χ0v) is 9.52. The number of hydrogen-bond donors (Lipinski definition) is 1. The SMILES string of the molecule is O=S(=O)(Cl)NC1CCN2CCCCC12. The number of nitrogens with zero attached hydrogens (tertiary/aromatic N) is 1. The van der Waals surface area contributed by atoms with E-state index in [0.29, 0.717) is 6.04 Å². The van der Waals surface area contributed by atoms with Crippen LogP contribution in [-0.4, -0.2) is 38.5 Å². The van der Waals surface area contributed by atoms with Gasteiger partial charge in [-0.15, -0.1) is 0 Å². The molecule has 4 nitrogen and oxygen atoms in total. The van der Waals surface area contributed by atoms with Crippen molar-refractivity contribution in [3.05, 3.63) is 0 Å². The molecule has 0 amide bonds. The third-order valence-corrected chi connectivity index (χ3v) is 4.00.